The van der Waals surface area contributed by atoms with Crippen LogP contribution >= 0.6 is 35.0 Å². The van der Waals surface area contributed by atoms with Crippen LogP contribution in [0.3, 0.4) is 0 Å². The van der Waals surface area contributed by atoms with Crippen molar-refractivity contribution in [1.29, 1.82) is 0 Å². The lowest BCUT2D eigenvalue weighted by molar-refractivity contribution is -0.118. The lowest BCUT2D eigenvalue weighted by Crippen LogP contribution is -2.29. The van der Waals surface area contributed by atoms with Crippen molar-refractivity contribution < 1.29 is 4.79 Å². The number of amides is 1. The largest absolute Gasteiger partial charge is 0.355 e. The molecule has 0 radical (unpaired) electrons. The Morgan fingerprint density at radius 2 is 1.84 bits per heavy atom. The number of aromatic nitrogens is 2. The van der Waals surface area contributed by atoms with Crippen LogP contribution in [0.25, 0.3) is 0 Å². The van der Waals surface area contributed by atoms with Gasteiger partial charge in [-0.1, -0.05) is 70.9 Å². The summed E-state index contributed by atoms with van der Waals surface area (Å²) in [5.41, 5.74) is 4.45. The summed E-state index contributed by atoms with van der Waals surface area (Å²) in [4.78, 5) is 29.7. The second-order valence-corrected chi connectivity index (χ2v) is 9.40. The van der Waals surface area contributed by atoms with Gasteiger partial charge in [0.25, 0.3) is 5.56 Å². The molecule has 0 atom stereocenters. The fourth-order valence-corrected chi connectivity index (χ4v) is 4.56. The van der Waals surface area contributed by atoms with E-state index in [2.05, 4.69) is 10.3 Å². The van der Waals surface area contributed by atoms with E-state index in [4.69, 9.17) is 23.2 Å². The third kappa shape index (κ3) is 6.37. The molecular weight excluding hydrogens is 465 g/mol. The van der Waals surface area contributed by atoms with Crippen molar-refractivity contribution in [2.24, 2.45) is 7.05 Å². The average Bonchev–Trinajstić information content (AvgIpc) is 2.75. The summed E-state index contributed by atoms with van der Waals surface area (Å²) in [6.45, 7) is 4.33. The molecule has 8 heteroatoms. The molecule has 5 nitrogen and oxygen atoms in total. The van der Waals surface area contributed by atoms with E-state index < -0.39 is 0 Å². The number of nitrogens with zero attached hydrogens (tertiary/aromatic N) is 2. The number of nitrogens with one attached hydrogen (secondary N) is 1. The summed E-state index contributed by atoms with van der Waals surface area (Å²) in [5, 5.41) is 4.56. The monoisotopic (exact) mass is 489 g/mol. The minimum Gasteiger partial charge on any atom is -0.355 e. The van der Waals surface area contributed by atoms with E-state index in [1.807, 2.05) is 44.2 Å². The van der Waals surface area contributed by atoms with Gasteiger partial charge >= 0.3 is 0 Å². The molecule has 0 aliphatic heterocycles. The van der Waals surface area contributed by atoms with E-state index >= 15 is 0 Å². The third-order valence-electron chi connectivity index (χ3n) is 5.12. The number of aryl methyl sites for hydroxylation is 2. The van der Waals surface area contributed by atoms with E-state index in [9.17, 15) is 9.59 Å². The Bertz CT molecular complexity index is 1180. The van der Waals surface area contributed by atoms with Crippen LogP contribution in [-0.4, -0.2) is 27.8 Å². The Morgan fingerprint density at radius 1 is 1.12 bits per heavy atom. The molecule has 1 N–H and O–H groups in total. The third-order valence-corrected chi connectivity index (χ3v) is 6.73. The molecule has 2 aromatic carbocycles. The normalized spacial score (nSPS) is 10.9. The summed E-state index contributed by atoms with van der Waals surface area (Å²) in [7, 11) is 1.69. The first-order valence-corrected chi connectivity index (χ1v) is 11.9. The molecule has 3 aromatic rings. The molecule has 0 saturated heterocycles. The summed E-state index contributed by atoms with van der Waals surface area (Å²) in [6, 6.07) is 13.4. The van der Waals surface area contributed by atoms with Gasteiger partial charge in [0.15, 0.2) is 5.16 Å². The maximum Gasteiger partial charge on any atom is 0.257 e. The molecule has 1 aromatic heterocycles. The predicted molar refractivity (Wildman–Crippen MR) is 132 cm³/mol. The first kappa shape index (κ1) is 24.4. The molecule has 0 unspecified atom stereocenters. The van der Waals surface area contributed by atoms with E-state index in [1.54, 1.807) is 19.2 Å². The smallest absolute Gasteiger partial charge is 0.257 e. The van der Waals surface area contributed by atoms with E-state index in [1.165, 1.54) is 21.9 Å². The standard InChI is InChI=1S/C24H25Cl2N3O2S/c1-15-4-6-17(7-5-15)12-20-16(2)28-24(29(3)23(20)31)32-14-22(30)27-11-10-18-8-9-19(25)13-21(18)26/h4-9,13H,10-12,14H2,1-3H3,(H,27,30). The van der Waals surface area contributed by atoms with Crippen LogP contribution in [0.5, 0.6) is 0 Å². The number of benzene rings is 2. The second kappa shape index (κ2) is 11.0. The van der Waals surface area contributed by atoms with Crippen molar-refractivity contribution in [2.75, 3.05) is 12.3 Å². The highest BCUT2D eigenvalue weighted by Gasteiger charge is 2.14. The zero-order chi connectivity index (χ0) is 23.3. The molecule has 0 spiro atoms. The average molecular weight is 490 g/mol. The van der Waals surface area contributed by atoms with Gasteiger partial charge in [-0.3, -0.25) is 14.2 Å². The highest BCUT2D eigenvalue weighted by molar-refractivity contribution is 7.99. The van der Waals surface area contributed by atoms with Crippen LogP contribution in [0.15, 0.2) is 52.4 Å². The van der Waals surface area contributed by atoms with Gasteiger partial charge in [-0.25, -0.2) is 4.98 Å². The Hall–Kier alpha value is -2.28. The molecule has 168 valence electrons. The van der Waals surface area contributed by atoms with Gasteiger partial charge < -0.3 is 5.32 Å². The Morgan fingerprint density at radius 3 is 2.53 bits per heavy atom. The number of thioether (sulfide) groups is 1. The minimum absolute atomic E-state index is 0.0848. The lowest BCUT2D eigenvalue weighted by Gasteiger charge is -2.12. The minimum atomic E-state index is -0.129. The molecule has 0 aliphatic rings. The zero-order valence-electron chi connectivity index (χ0n) is 18.2. The van der Waals surface area contributed by atoms with Gasteiger partial charge in [0.1, 0.15) is 0 Å². The number of rotatable bonds is 8. The van der Waals surface area contributed by atoms with Crippen molar-refractivity contribution in [2.45, 2.75) is 31.8 Å². The number of hydrogen-bond donors (Lipinski definition) is 1. The van der Waals surface area contributed by atoms with Crippen molar-refractivity contribution in [3.8, 4) is 0 Å². The topological polar surface area (TPSA) is 64.0 Å². The molecule has 1 amide bonds. The van der Waals surface area contributed by atoms with Crippen molar-refractivity contribution >= 4 is 40.9 Å². The molecular formula is C24H25Cl2N3O2S. The Labute approximate surface area is 202 Å². The summed E-state index contributed by atoms with van der Waals surface area (Å²) < 4.78 is 1.52. The first-order chi connectivity index (χ1) is 15.2. The summed E-state index contributed by atoms with van der Waals surface area (Å²) >= 11 is 13.3. The van der Waals surface area contributed by atoms with E-state index in [-0.39, 0.29) is 17.2 Å². The maximum absolute atomic E-state index is 12.9. The van der Waals surface area contributed by atoms with Crippen molar-refractivity contribution in [1.82, 2.24) is 14.9 Å². The van der Waals surface area contributed by atoms with Crippen LogP contribution in [0.1, 0.15) is 27.9 Å². The number of hydrogen-bond acceptors (Lipinski definition) is 4. The van der Waals surface area contributed by atoms with Gasteiger partial charge in [0.05, 0.1) is 5.75 Å². The highest BCUT2D eigenvalue weighted by Crippen LogP contribution is 2.21. The van der Waals surface area contributed by atoms with Crippen LogP contribution in [0.2, 0.25) is 10.0 Å². The molecule has 0 aliphatic carbocycles. The number of carbonyl (C=O) groups excluding carboxylic acids is 1. The molecule has 0 fully saturated rings. The zero-order valence-corrected chi connectivity index (χ0v) is 20.6. The quantitative estimate of drug-likeness (QED) is 0.366. The Balaban J connectivity index is 1.58. The SMILES string of the molecule is Cc1ccc(Cc2c(C)nc(SCC(=O)NCCc3ccc(Cl)cc3Cl)n(C)c2=O)cc1. The van der Waals surface area contributed by atoms with Gasteiger partial charge in [0, 0.05) is 41.3 Å². The van der Waals surface area contributed by atoms with Crippen molar-refractivity contribution in [3.05, 3.63) is 90.8 Å². The number of carbonyl (C=O) groups is 1. The summed E-state index contributed by atoms with van der Waals surface area (Å²) in [6.07, 6.45) is 1.14. The van der Waals surface area contributed by atoms with E-state index in [0.29, 0.717) is 45.8 Å². The van der Waals surface area contributed by atoms with Gasteiger partial charge in [-0.2, -0.15) is 0 Å². The fourth-order valence-electron chi connectivity index (χ4n) is 3.21. The molecule has 0 saturated carbocycles. The number of halogens is 2. The summed E-state index contributed by atoms with van der Waals surface area (Å²) in [5.74, 6) is 0.0430. The lowest BCUT2D eigenvalue weighted by atomic mass is 10.0. The van der Waals surface area contributed by atoms with Gasteiger partial charge in [-0.15, -0.1) is 0 Å². The van der Waals surface area contributed by atoms with Crippen molar-refractivity contribution in [3.63, 3.8) is 0 Å². The molecule has 1 heterocycles. The van der Waals surface area contributed by atoms with Crippen LogP contribution < -0.4 is 10.9 Å². The van der Waals surface area contributed by atoms with Crippen LogP contribution in [0, 0.1) is 13.8 Å². The molecule has 0 bridgehead atoms. The molecule has 32 heavy (non-hydrogen) atoms. The fraction of sp³-hybridized carbons (Fsp3) is 0.292. The second-order valence-electron chi connectivity index (χ2n) is 7.61. The van der Waals surface area contributed by atoms with Gasteiger partial charge in [-0.05, 0) is 43.5 Å². The highest BCUT2D eigenvalue weighted by atomic mass is 35.5. The molecule has 3 rings (SSSR count). The van der Waals surface area contributed by atoms with Crippen LogP contribution in [-0.2, 0) is 24.7 Å². The first-order valence-electron chi connectivity index (χ1n) is 10.2. The van der Waals surface area contributed by atoms with Crippen LogP contribution in [0.4, 0.5) is 0 Å². The predicted octanol–water partition coefficient (Wildman–Crippen LogP) is 4.75. The van der Waals surface area contributed by atoms with Gasteiger partial charge in [0.2, 0.25) is 5.91 Å². The van der Waals surface area contributed by atoms with E-state index in [0.717, 1.165) is 11.1 Å². The maximum atomic E-state index is 12.9. The Kier molecular flexibility index (Phi) is 8.40.